The molecule has 0 N–H and O–H groups in total. The summed E-state index contributed by atoms with van der Waals surface area (Å²) in [5.41, 5.74) is 0.912. The molecule has 63 valence electrons. The quantitative estimate of drug-likeness (QED) is 0.606. The fraction of sp³-hybridized carbons (Fsp3) is 0.444. The molecule has 0 unspecified atom stereocenters. The second-order valence-electron chi connectivity index (χ2n) is 2.38. The Hall–Kier alpha value is -1.43. The molecule has 12 heavy (non-hydrogen) atoms. The first kappa shape index (κ1) is 8.66. The normalized spacial score (nSPS) is 8.92. The second-order valence-corrected chi connectivity index (χ2v) is 2.38. The van der Waals surface area contributed by atoms with Gasteiger partial charge in [0.2, 0.25) is 5.88 Å². The van der Waals surface area contributed by atoms with Gasteiger partial charge in [-0.05, 0) is 13.8 Å². The number of ether oxygens (including phenoxy) is 1. The van der Waals surface area contributed by atoms with Crippen molar-refractivity contribution < 1.29 is 4.74 Å². The molecule has 0 aliphatic carbocycles. The summed E-state index contributed by atoms with van der Waals surface area (Å²) in [5, 5.41) is 3.91. The summed E-state index contributed by atoms with van der Waals surface area (Å²) in [5.74, 6) is 6.30. The molecule has 0 aromatic carbocycles. The summed E-state index contributed by atoms with van der Waals surface area (Å²) >= 11 is 0. The Kier molecular flexibility index (Phi) is 2.76. The van der Waals surface area contributed by atoms with Crippen molar-refractivity contribution in [2.75, 3.05) is 6.61 Å². The highest BCUT2D eigenvalue weighted by atomic mass is 16.5. The smallest absolute Gasteiger partial charge is 0.216 e. The molecule has 0 amide bonds. The molecule has 1 heterocycles. The van der Waals surface area contributed by atoms with E-state index in [1.165, 1.54) is 0 Å². The zero-order chi connectivity index (χ0) is 8.97. The van der Waals surface area contributed by atoms with Crippen LogP contribution < -0.4 is 4.74 Å². The number of rotatable bonds is 2. The van der Waals surface area contributed by atoms with Crippen LogP contribution in [0.4, 0.5) is 0 Å². The van der Waals surface area contributed by atoms with Gasteiger partial charge in [0, 0.05) is 12.6 Å². The molecule has 1 aromatic rings. The fourth-order valence-corrected chi connectivity index (χ4v) is 0.864. The molecule has 3 heteroatoms. The first-order chi connectivity index (χ1) is 5.75. The Morgan fingerprint density at radius 1 is 1.67 bits per heavy atom. The van der Waals surface area contributed by atoms with Gasteiger partial charge in [-0.2, -0.15) is 5.10 Å². The highest BCUT2D eigenvalue weighted by Gasteiger charge is 2.03. The zero-order valence-corrected chi connectivity index (χ0v) is 7.51. The van der Waals surface area contributed by atoms with Crippen molar-refractivity contribution in [1.29, 1.82) is 0 Å². The van der Waals surface area contributed by atoms with Crippen LogP contribution >= 0.6 is 0 Å². The third-order valence-corrected chi connectivity index (χ3v) is 1.44. The molecule has 0 aliphatic heterocycles. The van der Waals surface area contributed by atoms with E-state index in [-0.39, 0.29) is 0 Å². The molecule has 0 spiro atoms. The average molecular weight is 163 g/mol. The third-order valence-electron chi connectivity index (χ3n) is 1.44. The summed E-state index contributed by atoms with van der Waals surface area (Å²) in [4.78, 5) is 0. The number of aromatic nitrogens is 2. The Bertz CT molecular complexity index is 298. The van der Waals surface area contributed by atoms with Gasteiger partial charge in [-0.1, -0.05) is 5.92 Å². The maximum Gasteiger partial charge on any atom is 0.216 e. The van der Waals surface area contributed by atoms with Gasteiger partial charge in [-0.3, -0.25) is 0 Å². The monoisotopic (exact) mass is 163 g/mol. The standard InChI is InChI=1S/C9H11N2O/c1-4-5-6-12-9-8(2)7-10-11(9)3/h6H2,1-3H3. The molecule has 0 saturated heterocycles. The summed E-state index contributed by atoms with van der Waals surface area (Å²) < 4.78 is 6.99. The number of hydrogen-bond donors (Lipinski definition) is 0. The van der Waals surface area contributed by atoms with E-state index in [9.17, 15) is 0 Å². The summed E-state index contributed by atoms with van der Waals surface area (Å²) in [6.07, 6.45) is 2.80. The number of aryl methyl sites for hydroxylation is 2. The summed E-state index contributed by atoms with van der Waals surface area (Å²) in [6, 6.07) is 0. The van der Waals surface area contributed by atoms with Crippen LogP contribution in [-0.4, -0.2) is 16.4 Å². The largest absolute Gasteiger partial charge is 0.464 e. The van der Waals surface area contributed by atoms with Crippen molar-refractivity contribution in [2.24, 2.45) is 7.05 Å². The minimum atomic E-state index is 0.407. The molecule has 0 saturated carbocycles. The van der Waals surface area contributed by atoms with Gasteiger partial charge < -0.3 is 4.74 Å². The van der Waals surface area contributed by atoms with Crippen LogP contribution in [0.3, 0.4) is 0 Å². The Morgan fingerprint density at radius 2 is 2.42 bits per heavy atom. The van der Waals surface area contributed by atoms with Crippen molar-refractivity contribution in [3.63, 3.8) is 0 Å². The van der Waals surface area contributed by atoms with Gasteiger partial charge in [0.05, 0.1) is 0 Å². The van der Waals surface area contributed by atoms with Crippen LogP contribution in [0.25, 0.3) is 0 Å². The lowest BCUT2D eigenvalue weighted by atomic mass is 10.4. The van der Waals surface area contributed by atoms with Crippen LogP contribution in [0, 0.1) is 25.0 Å². The van der Waals surface area contributed by atoms with E-state index < -0.39 is 0 Å². The summed E-state index contributed by atoms with van der Waals surface area (Å²) in [7, 11) is 1.82. The average Bonchev–Trinajstić information content (AvgIpc) is 2.35. The summed E-state index contributed by atoms with van der Waals surface area (Å²) in [6.45, 7) is 4.10. The highest BCUT2D eigenvalue weighted by Crippen LogP contribution is 2.13. The van der Waals surface area contributed by atoms with E-state index in [1.54, 1.807) is 11.6 Å². The number of nitrogens with zero attached hydrogens (tertiary/aromatic N) is 2. The van der Waals surface area contributed by atoms with E-state index in [4.69, 9.17) is 4.74 Å². The van der Waals surface area contributed by atoms with E-state index in [0.717, 1.165) is 11.4 Å². The Balaban J connectivity index is 2.65. The van der Waals surface area contributed by atoms with E-state index in [2.05, 4.69) is 23.1 Å². The van der Waals surface area contributed by atoms with Crippen molar-refractivity contribution in [2.45, 2.75) is 13.8 Å². The van der Waals surface area contributed by atoms with Crippen molar-refractivity contribution in [3.8, 4) is 17.7 Å². The van der Waals surface area contributed by atoms with Crippen molar-refractivity contribution in [1.82, 2.24) is 9.78 Å². The van der Waals surface area contributed by atoms with Gasteiger partial charge >= 0.3 is 0 Å². The van der Waals surface area contributed by atoms with Gasteiger partial charge in [0.15, 0.2) is 6.61 Å². The van der Waals surface area contributed by atoms with Crippen LogP contribution in [0.15, 0.2) is 0 Å². The minimum Gasteiger partial charge on any atom is -0.464 e. The van der Waals surface area contributed by atoms with Crippen LogP contribution in [-0.2, 0) is 7.05 Å². The first-order valence-corrected chi connectivity index (χ1v) is 3.69. The lowest BCUT2D eigenvalue weighted by Crippen LogP contribution is -2.01. The van der Waals surface area contributed by atoms with Gasteiger partial charge in [0.25, 0.3) is 0 Å². The molecule has 0 fully saturated rings. The van der Waals surface area contributed by atoms with Crippen LogP contribution in [0.5, 0.6) is 5.88 Å². The Morgan fingerprint density at radius 3 is 2.92 bits per heavy atom. The van der Waals surface area contributed by atoms with Crippen LogP contribution in [0.2, 0.25) is 0 Å². The maximum atomic E-state index is 5.34. The van der Waals surface area contributed by atoms with E-state index >= 15 is 0 Å². The Labute approximate surface area is 72.3 Å². The lowest BCUT2D eigenvalue weighted by Gasteiger charge is -2.02. The molecule has 0 bridgehead atoms. The van der Waals surface area contributed by atoms with Crippen molar-refractivity contribution in [3.05, 3.63) is 11.8 Å². The second kappa shape index (κ2) is 3.82. The van der Waals surface area contributed by atoms with E-state index in [1.807, 2.05) is 14.0 Å². The van der Waals surface area contributed by atoms with Crippen LogP contribution in [0.1, 0.15) is 12.5 Å². The maximum absolute atomic E-state index is 5.34. The molecule has 3 nitrogen and oxygen atoms in total. The molecule has 1 aromatic heterocycles. The van der Waals surface area contributed by atoms with E-state index in [0.29, 0.717) is 6.61 Å². The first-order valence-electron chi connectivity index (χ1n) is 3.69. The SMILES string of the molecule is CC#CCOc1c(C)[c]nn1C. The predicted molar refractivity (Wildman–Crippen MR) is 45.7 cm³/mol. The van der Waals surface area contributed by atoms with Gasteiger partial charge in [0.1, 0.15) is 6.20 Å². The number of hydrogen-bond acceptors (Lipinski definition) is 2. The van der Waals surface area contributed by atoms with Crippen molar-refractivity contribution >= 4 is 0 Å². The van der Waals surface area contributed by atoms with Gasteiger partial charge in [-0.15, -0.1) is 5.92 Å². The lowest BCUT2D eigenvalue weighted by molar-refractivity contribution is 0.333. The molecular weight excluding hydrogens is 152 g/mol. The van der Waals surface area contributed by atoms with Gasteiger partial charge in [-0.25, -0.2) is 4.68 Å². The predicted octanol–water partition coefficient (Wildman–Crippen LogP) is 0.931. The topological polar surface area (TPSA) is 27.1 Å². The molecule has 1 rings (SSSR count). The minimum absolute atomic E-state index is 0.407. The molecule has 0 atom stereocenters. The molecule has 0 aliphatic rings. The zero-order valence-electron chi connectivity index (χ0n) is 7.51. The molecular formula is C9H11N2O. The highest BCUT2D eigenvalue weighted by molar-refractivity contribution is 5.21. The fourth-order valence-electron chi connectivity index (χ4n) is 0.864. The molecule has 1 radical (unpaired) electrons. The third kappa shape index (κ3) is 1.79.